The standard InChI is InChI=1S/C9H18N2.C7H15N.C3H6/c1-2-10-6-9-11-7-4-3-5-8-11;1-4-8-6-5-7(2)3;1-3-2/h6,9-10H,2-5,7-8H2,1H3;5-8H,4H2,1-3H3;3H,1H2,2H3. The van der Waals surface area contributed by atoms with E-state index in [1.165, 1.54) is 32.4 Å². The smallest absolute Gasteiger partial charge is 0.0173 e. The highest BCUT2D eigenvalue weighted by atomic mass is 15.1. The van der Waals surface area contributed by atoms with E-state index in [9.17, 15) is 0 Å². The van der Waals surface area contributed by atoms with Gasteiger partial charge in [0.05, 0.1) is 0 Å². The van der Waals surface area contributed by atoms with Crippen molar-refractivity contribution in [3.8, 4) is 0 Å². The van der Waals surface area contributed by atoms with Gasteiger partial charge in [0.25, 0.3) is 0 Å². The largest absolute Gasteiger partial charge is 0.391 e. The molecule has 2 N–H and O–H groups in total. The Labute approximate surface area is 139 Å². The highest BCUT2D eigenvalue weighted by Gasteiger charge is 2.04. The second-order valence-electron chi connectivity index (χ2n) is 5.54. The molecule has 1 heterocycles. The van der Waals surface area contributed by atoms with Gasteiger partial charge in [-0.1, -0.05) is 26.0 Å². The van der Waals surface area contributed by atoms with E-state index in [1.54, 1.807) is 6.08 Å². The van der Waals surface area contributed by atoms with Gasteiger partial charge in [-0.25, -0.2) is 0 Å². The van der Waals surface area contributed by atoms with Crippen molar-refractivity contribution >= 4 is 0 Å². The number of hydrogen-bond acceptors (Lipinski definition) is 3. The van der Waals surface area contributed by atoms with Gasteiger partial charge >= 0.3 is 0 Å². The fraction of sp³-hybridized carbons (Fsp3) is 0.684. The van der Waals surface area contributed by atoms with E-state index in [0.29, 0.717) is 5.92 Å². The summed E-state index contributed by atoms with van der Waals surface area (Å²) in [5, 5.41) is 6.27. The average molecular weight is 310 g/mol. The molecule has 0 amide bonds. The molecule has 1 rings (SSSR count). The third-order valence-electron chi connectivity index (χ3n) is 2.80. The summed E-state index contributed by atoms with van der Waals surface area (Å²) in [5.74, 6) is 0.661. The van der Waals surface area contributed by atoms with Crippen LogP contribution in [-0.4, -0.2) is 31.1 Å². The third kappa shape index (κ3) is 20.9. The minimum Gasteiger partial charge on any atom is -0.391 e. The van der Waals surface area contributed by atoms with Crippen molar-refractivity contribution in [3.63, 3.8) is 0 Å². The van der Waals surface area contributed by atoms with Crippen LogP contribution in [0.3, 0.4) is 0 Å². The molecule has 1 saturated heterocycles. The molecule has 0 aromatic heterocycles. The van der Waals surface area contributed by atoms with Crippen LogP contribution in [-0.2, 0) is 0 Å². The fourth-order valence-corrected chi connectivity index (χ4v) is 1.72. The summed E-state index contributed by atoms with van der Waals surface area (Å²) < 4.78 is 0. The minimum absolute atomic E-state index is 0.661. The van der Waals surface area contributed by atoms with Gasteiger partial charge in [0.2, 0.25) is 0 Å². The minimum atomic E-state index is 0.661. The molecule has 0 unspecified atom stereocenters. The molecule has 0 atom stereocenters. The molecule has 3 heteroatoms. The van der Waals surface area contributed by atoms with Crippen LogP contribution in [0, 0.1) is 5.92 Å². The lowest BCUT2D eigenvalue weighted by atomic mass is 10.1. The number of piperidine rings is 1. The number of hydrogen-bond donors (Lipinski definition) is 2. The van der Waals surface area contributed by atoms with Gasteiger partial charge in [-0.05, 0) is 52.2 Å². The van der Waals surface area contributed by atoms with Crippen molar-refractivity contribution in [2.75, 3.05) is 26.2 Å². The molecule has 0 radical (unpaired) electrons. The number of allylic oxidation sites excluding steroid dienone is 2. The maximum atomic E-state index is 3.36. The zero-order valence-corrected chi connectivity index (χ0v) is 15.6. The highest BCUT2D eigenvalue weighted by molar-refractivity contribution is 4.82. The van der Waals surface area contributed by atoms with Crippen molar-refractivity contribution in [2.45, 2.75) is 53.9 Å². The van der Waals surface area contributed by atoms with Crippen LogP contribution >= 0.6 is 0 Å². The van der Waals surface area contributed by atoms with Crippen LogP contribution in [0.1, 0.15) is 53.9 Å². The van der Waals surface area contributed by atoms with E-state index in [4.69, 9.17) is 0 Å². The molecule has 0 aromatic carbocycles. The van der Waals surface area contributed by atoms with Crippen LogP contribution < -0.4 is 10.6 Å². The number of nitrogens with one attached hydrogen (secondary N) is 2. The Morgan fingerprint density at radius 1 is 1.00 bits per heavy atom. The molecule has 0 saturated carbocycles. The number of likely N-dealkylation sites (tertiary alicyclic amines) is 1. The maximum absolute atomic E-state index is 3.36. The molecular formula is C19H39N3. The van der Waals surface area contributed by atoms with E-state index in [2.05, 4.69) is 62.1 Å². The lowest BCUT2D eigenvalue weighted by Gasteiger charge is -2.24. The number of rotatable bonds is 6. The summed E-state index contributed by atoms with van der Waals surface area (Å²) in [7, 11) is 0. The first-order chi connectivity index (χ1) is 10.6. The Hall–Kier alpha value is -1.38. The second-order valence-corrected chi connectivity index (χ2v) is 5.54. The molecule has 0 bridgehead atoms. The van der Waals surface area contributed by atoms with Crippen molar-refractivity contribution in [1.82, 2.24) is 15.5 Å². The molecule has 22 heavy (non-hydrogen) atoms. The van der Waals surface area contributed by atoms with Gasteiger partial charge < -0.3 is 15.5 Å². The summed E-state index contributed by atoms with van der Waals surface area (Å²) in [4.78, 5) is 2.38. The van der Waals surface area contributed by atoms with Gasteiger partial charge in [0.15, 0.2) is 0 Å². The molecule has 130 valence electrons. The Bertz CT molecular complexity index is 264. The zero-order valence-electron chi connectivity index (χ0n) is 15.6. The normalized spacial score (nSPS) is 14.2. The van der Waals surface area contributed by atoms with E-state index in [1.807, 2.05) is 19.3 Å². The predicted molar refractivity (Wildman–Crippen MR) is 102 cm³/mol. The zero-order chi connectivity index (χ0) is 17.1. The summed E-state index contributed by atoms with van der Waals surface area (Å²) in [6.07, 6.45) is 14.2. The van der Waals surface area contributed by atoms with E-state index >= 15 is 0 Å². The maximum Gasteiger partial charge on any atom is 0.0173 e. The SMILES string of the molecule is C=CC.CCNC=CC(C)C.CCNC=CN1CCCCC1. The molecule has 0 aromatic rings. The Balaban J connectivity index is 0. The first-order valence-electron chi connectivity index (χ1n) is 8.73. The predicted octanol–water partition coefficient (Wildman–Crippen LogP) is 4.51. The second kappa shape index (κ2) is 19.6. The number of nitrogens with zero attached hydrogens (tertiary/aromatic N) is 1. The van der Waals surface area contributed by atoms with E-state index in [0.717, 1.165) is 13.1 Å². The van der Waals surface area contributed by atoms with Gasteiger partial charge in [0.1, 0.15) is 0 Å². The lowest BCUT2D eigenvalue weighted by Crippen LogP contribution is -2.24. The van der Waals surface area contributed by atoms with Gasteiger partial charge in [-0.3, -0.25) is 0 Å². The highest BCUT2D eigenvalue weighted by Crippen LogP contribution is 2.07. The van der Waals surface area contributed by atoms with Crippen molar-refractivity contribution in [3.05, 3.63) is 37.3 Å². The summed E-state index contributed by atoms with van der Waals surface area (Å²) in [6, 6.07) is 0. The van der Waals surface area contributed by atoms with Crippen LogP contribution in [0.2, 0.25) is 0 Å². The molecule has 3 nitrogen and oxygen atoms in total. The van der Waals surface area contributed by atoms with Crippen molar-refractivity contribution in [1.29, 1.82) is 0 Å². The summed E-state index contributed by atoms with van der Waals surface area (Å²) in [5.41, 5.74) is 0. The molecule has 0 spiro atoms. The molecular weight excluding hydrogens is 270 g/mol. The Morgan fingerprint density at radius 3 is 1.95 bits per heavy atom. The lowest BCUT2D eigenvalue weighted by molar-refractivity contribution is 0.308. The quantitative estimate of drug-likeness (QED) is 0.707. The molecule has 1 fully saturated rings. The van der Waals surface area contributed by atoms with Gasteiger partial charge in [0, 0.05) is 38.6 Å². The fourth-order valence-electron chi connectivity index (χ4n) is 1.72. The molecule has 1 aliphatic heterocycles. The monoisotopic (exact) mass is 309 g/mol. The Kier molecular flexibility index (Phi) is 20.4. The van der Waals surface area contributed by atoms with Crippen LogP contribution in [0.25, 0.3) is 0 Å². The van der Waals surface area contributed by atoms with Gasteiger partial charge in [-0.2, -0.15) is 0 Å². The van der Waals surface area contributed by atoms with Gasteiger partial charge in [-0.15, -0.1) is 6.58 Å². The summed E-state index contributed by atoms with van der Waals surface area (Å²) in [6.45, 7) is 18.3. The van der Waals surface area contributed by atoms with Crippen molar-refractivity contribution < 1.29 is 0 Å². The van der Waals surface area contributed by atoms with Crippen molar-refractivity contribution in [2.24, 2.45) is 5.92 Å². The molecule has 0 aliphatic carbocycles. The van der Waals surface area contributed by atoms with Crippen LogP contribution in [0.5, 0.6) is 0 Å². The first kappa shape index (κ1) is 22.9. The average Bonchev–Trinajstić information content (AvgIpc) is 2.50. The van der Waals surface area contributed by atoms with Crippen LogP contribution in [0.4, 0.5) is 0 Å². The van der Waals surface area contributed by atoms with E-state index in [-0.39, 0.29) is 0 Å². The van der Waals surface area contributed by atoms with Crippen LogP contribution in [0.15, 0.2) is 37.3 Å². The third-order valence-corrected chi connectivity index (χ3v) is 2.80. The topological polar surface area (TPSA) is 27.3 Å². The first-order valence-corrected chi connectivity index (χ1v) is 8.73. The summed E-state index contributed by atoms with van der Waals surface area (Å²) >= 11 is 0. The Morgan fingerprint density at radius 2 is 1.50 bits per heavy atom. The molecule has 1 aliphatic rings. The van der Waals surface area contributed by atoms with E-state index < -0.39 is 0 Å².